The maximum Gasteiger partial charge on any atom is 0.338 e. The molecule has 0 aliphatic rings. The summed E-state index contributed by atoms with van der Waals surface area (Å²) in [4.78, 5) is 23.4. The molecule has 0 radical (unpaired) electrons. The number of carboxylic acid groups (broad SMARTS) is 1. The van der Waals surface area contributed by atoms with Crippen LogP contribution in [0.4, 0.5) is 4.79 Å². The molecule has 2 amide bonds. The molecular formula is C16H16N2O3. The van der Waals surface area contributed by atoms with Crippen molar-refractivity contribution in [1.29, 1.82) is 0 Å². The number of carboxylic acids is 1. The lowest BCUT2D eigenvalue weighted by molar-refractivity contribution is -0.143. The van der Waals surface area contributed by atoms with Gasteiger partial charge in [0, 0.05) is 0 Å². The van der Waals surface area contributed by atoms with Crippen LogP contribution in [0.15, 0.2) is 54.6 Å². The van der Waals surface area contributed by atoms with Crippen molar-refractivity contribution in [2.45, 2.75) is 12.5 Å². The number of amides is 2. The number of aryl methyl sites for hydroxylation is 1. The lowest BCUT2D eigenvalue weighted by Gasteiger charge is -2.31. The van der Waals surface area contributed by atoms with Gasteiger partial charge in [-0.05, 0) is 18.1 Å². The van der Waals surface area contributed by atoms with Crippen molar-refractivity contribution < 1.29 is 14.7 Å². The van der Waals surface area contributed by atoms with E-state index in [9.17, 15) is 14.7 Å². The molecule has 0 saturated carbocycles. The molecule has 5 heteroatoms. The first-order valence-corrected chi connectivity index (χ1v) is 6.40. The largest absolute Gasteiger partial charge is 0.479 e. The van der Waals surface area contributed by atoms with Crippen LogP contribution in [0.25, 0.3) is 0 Å². The van der Waals surface area contributed by atoms with Gasteiger partial charge in [-0.2, -0.15) is 0 Å². The fourth-order valence-electron chi connectivity index (χ4n) is 2.29. The third-order valence-electron chi connectivity index (χ3n) is 3.32. The molecule has 1 atom stereocenters. The zero-order valence-electron chi connectivity index (χ0n) is 11.5. The van der Waals surface area contributed by atoms with Gasteiger partial charge in [-0.15, -0.1) is 0 Å². The number of primary amides is 1. The van der Waals surface area contributed by atoms with E-state index in [2.05, 4.69) is 5.32 Å². The van der Waals surface area contributed by atoms with Gasteiger partial charge in [-0.25, -0.2) is 9.59 Å². The summed E-state index contributed by atoms with van der Waals surface area (Å²) >= 11 is 0. The number of nitrogens with two attached hydrogens (primary N) is 1. The smallest absolute Gasteiger partial charge is 0.338 e. The second-order valence-electron chi connectivity index (χ2n) is 4.78. The van der Waals surface area contributed by atoms with Gasteiger partial charge in [0.2, 0.25) is 0 Å². The second kappa shape index (κ2) is 5.66. The Morgan fingerprint density at radius 3 is 2.00 bits per heavy atom. The molecule has 108 valence electrons. The van der Waals surface area contributed by atoms with Crippen molar-refractivity contribution in [2.24, 2.45) is 5.73 Å². The van der Waals surface area contributed by atoms with E-state index < -0.39 is 17.5 Å². The van der Waals surface area contributed by atoms with Crippen LogP contribution in [0, 0.1) is 6.92 Å². The summed E-state index contributed by atoms with van der Waals surface area (Å²) in [6.45, 7) is 1.90. The summed E-state index contributed by atoms with van der Waals surface area (Å²) in [5.41, 5.74) is 5.36. The Hall–Kier alpha value is -2.82. The minimum atomic E-state index is -1.71. The van der Waals surface area contributed by atoms with Gasteiger partial charge in [0.15, 0.2) is 5.54 Å². The molecule has 0 aromatic heterocycles. The normalized spacial score (nSPS) is 13.2. The van der Waals surface area contributed by atoms with E-state index in [1.54, 1.807) is 54.6 Å². The molecule has 0 saturated heterocycles. The molecule has 5 nitrogen and oxygen atoms in total. The first kappa shape index (κ1) is 14.6. The van der Waals surface area contributed by atoms with Crippen LogP contribution in [0.5, 0.6) is 0 Å². The predicted octanol–water partition coefficient (Wildman–Crippen LogP) is 1.99. The average Bonchev–Trinajstić information content (AvgIpc) is 2.46. The summed E-state index contributed by atoms with van der Waals surface area (Å²) in [6.07, 6.45) is 0. The number of hydrogen-bond acceptors (Lipinski definition) is 2. The van der Waals surface area contributed by atoms with Gasteiger partial charge in [0.05, 0.1) is 0 Å². The molecule has 2 rings (SSSR count). The first-order chi connectivity index (χ1) is 9.96. The molecular weight excluding hydrogens is 268 g/mol. The predicted molar refractivity (Wildman–Crippen MR) is 78.8 cm³/mol. The van der Waals surface area contributed by atoms with E-state index >= 15 is 0 Å². The van der Waals surface area contributed by atoms with Gasteiger partial charge in [-0.1, -0.05) is 60.2 Å². The number of carbonyl (C=O) groups is 2. The van der Waals surface area contributed by atoms with E-state index in [0.717, 1.165) is 5.56 Å². The molecule has 2 aromatic carbocycles. The molecule has 21 heavy (non-hydrogen) atoms. The van der Waals surface area contributed by atoms with Crippen LogP contribution < -0.4 is 11.1 Å². The maximum absolute atomic E-state index is 12.0. The number of benzene rings is 2. The fourth-order valence-corrected chi connectivity index (χ4v) is 2.29. The number of rotatable bonds is 4. The number of aliphatic carboxylic acids is 1. The summed E-state index contributed by atoms with van der Waals surface area (Å²) in [6, 6.07) is 14.5. The van der Waals surface area contributed by atoms with Gasteiger partial charge < -0.3 is 16.2 Å². The summed E-state index contributed by atoms with van der Waals surface area (Å²) < 4.78 is 0. The van der Waals surface area contributed by atoms with Gasteiger partial charge in [0.25, 0.3) is 0 Å². The van der Waals surface area contributed by atoms with Crippen molar-refractivity contribution in [3.63, 3.8) is 0 Å². The minimum Gasteiger partial charge on any atom is -0.479 e. The number of hydrogen-bond donors (Lipinski definition) is 3. The van der Waals surface area contributed by atoms with Crippen molar-refractivity contribution >= 4 is 12.0 Å². The molecule has 0 spiro atoms. The zero-order chi connectivity index (χ0) is 15.5. The Bertz CT molecular complexity index is 653. The Morgan fingerprint density at radius 2 is 1.52 bits per heavy atom. The third-order valence-corrected chi connectivity index (χ3v) is 3.32. The molecule has 2 aromatic rings. The summed E-state index contributed by atoms with van der Waals surface area (Å²) in [5, 5.41) is 12.2. The van der Waals surface area contributed by atoms with E-state index in [4.69, 9.17) is 5.73 Å². The highest BCUT2D eigenvalue weighted by molar-refractivity contribution is 5.90. The Morgan fingerprint density at radius 1 is 1.00 bits per heavy atom. The number of carbonyl (C=O) groups excluding carboxylic acids is 1. The average molecular weight is 284 g/mol. The number of urea groups is 1. The highest BCUT2D eigenvalue weighted by atomic mass is 16.4. The molecule has 1 unspecified atom stereocenters. The molecule has 4 N–H and O–H groups in total. The number of nitrogens with one attached hydrogen (secondary N) is 1. The van der Waals surface area contributed by atoms with E-state index in [1.165, 1.54) is 0 Å². The SMILES string of the molecule is Cc1ccc(C(NC(N)=O)(C(=O)O)c2ccccc2)cc1. The monoisotopic (exact) mass is 284 g/mol. The van der Waals surface area contributed by atoms with Crippen LogP contribution in [-0.4, -0.2) is 17.1 Å². The Kier molecular flexibility index (Phi) is 3.93. The lowest BCUT2D eigenvalue weighted by Crippen LogP contribution is -2.54. The fraction of sp³-hybridized carbons (Fsp3) is 0.125. The Balaban J connectivity index is 2.70. The van der Waals surface area contributed by atoms with Crippen LogP contribution in [0.3, 0.4) is 0 Å². The topological polar surface area (TPSA) is 92.4 Å². The lowest BCUT2D eigenvalue weighted by atomic mass is 9.82. The van der Waals surface area contributed by atoms with Crippen molar-refractivity contribution in [3.05, 3.63) is 71.3 Å². The standard InChI is InChI=1S/C16H16N2O3/c1-11-7-9-13(10-8-11)16(14(19)20,18-15(17)21)12-5-3-2-4-6-12/h2-10H,1H3,(H,19,20)(H3,17,18,21). The molecule has 0 bridgehead atoms. The summed E-state index contributed by atoms with van der Waals surface area (Å²) in [7, 11) is 0. The first-order valence-electron chi connectivity index (χ1n) is 6.40. The van der Waals surface area contributed by atoms with E-state index in [0.29, 0.717) is 11.1 Å². The van der Waals surface area contributed by atoms with Gasteiger partial charge in [0.1, 0.15) is 0 Å². The van der Waals surface area contributed by atoms with Gasteiger partial charge in [-0.3, -0.25) is 0 Å². The second-order valence-corrected chi connectivity index (χ2v) is 4.78. The third kappa shape index (κ3) is 2.72. The van der Waals surface area contributed by atoms with Crippen molar-refractivity contribution in [1.82, 2.24) is 5.32 Å². The highest BCUT2D eigenvalue weighted by Gasteiger charge is 2.43. The quantitative estimate of drug-likeness (QED) is 0.801. The van der Waals surface area contributed by atoms with Crippen LogP contribution in [0.2, 0.25) is 0 Å². The Labute approximate surface area is 122 Å². The highest BCUT2D eigenvalue weighted by Crippen LogP contribution is 2.30. The maximum atomic E-state index is 12.0. The van der Waals surface area contributed by atoms with Gasteiger partial charge >= 0.3 is 12.0 Å². The van der Waals surface area contributed by atoms with Crippen molar-refractivity contribution in [3.8, 4) is 0 Å². The molecule has 0 aliphatic heterocycles. The molecule has 0 fully saturated rings. The van der Waals surface area contributed by atoms with Crippen LogP contribution in [-0.2, 0) is 10.3 Å². The molecule has 0 heterocycles. The minimum absolute atomic E-state index is 0.431. The summed E-state index contributed by atoms with van der Waals surface area (Å²) in [5.74, 6) is -1.20. The van der Waals surface area contributed by atoms with E-state index in [1.807, 2.05) is 6.92 Å². The van der Waals surface area contributed by atoms with Crippen molar-refractivity contribution in [2.75, 3.05) is 0 Å². The zero-order valence-corrected chi connectivity index (χ0v) is 11.5. The van der Waals surface area contributed by atoms with E-state index in [-0.39, 0.29) is 0 Å². The van der Waals surface area contributed by atoms with Crippen LogP contribution >= 0.6 is 0 Å². The molecule has 0 aliphatic carbocycles. The van der Waals surface area contributed by atoms with Crippen LogP contribution in [0.1, 0.15) is 16.7 Å².